The summed E-state index contributed by atoms with van der Waals surface area (Å²) in [5, 5.41) is 0.0708. The average Bonchev–Trinajstić information content (AvgIpc) is 3.25. The van der Waals surface area contributed by atoms with Crippen LogP contribution in [0.1, 0.15) is 54.3 Å². The number of benzene rings is 3. The molecule has 0 N–H and O–H groups in total. The third-order valence-corrected chi connectivity index (χ3v) is 7.01. The topological polar surface area (TPSA) is 20.3 Å². The van der Waals surface area contributed by atoms with Gasteiger partial charge >= 0.3 is 0 Å². The van der Waals surface area contributed by atoms with Gasteiger partial charge in [-0.25, -0.2) is 0 Å². The first-order valence-electron chi connectivity index (χ1n) is 10.6. The van der Waals surface area contributed by atoms with Crippen LogP contribution in [-0.4, -0.2) is 23.1 Å². The molecule has 0 spiro atoms. The standard InChI is InChI=1S/C27H29NOS/c1-27(2,3)23-16-14-22(15-17-23)26-28(18-19-30-26)25(29)24(20-10-6-4-7-11-20)21-12-8-5-9-13-21/h4-17,24,26H,18-19H2,1-3H3. The summed E-state index contributed by atoms with van der Waals surface area (Å²) in [6.45, 7) is 7.47. The maximum atomic E-state index is 13.9. The Morgan fingerprint density at radius 1 is 0.867 bits per heavy atom. The van der Waals surface area contributed by atoms with Crippen molar-refractivity contribution in [3.05, 3.63) is 107 Å². The summed E-state index contributed by atoms with van der Waals surface area (Å²) in [5.41, 5.74) is 4.75. The maximum absolute atomic E-state index is 13.9. The average molecular weight is 416 g/mol. The van der Waals surface area contributed by atoms with Gasteiger partial charge in [0.1, 0.15) is 5.37 Å². The normalized spacial score (nSPS) is 16.8. The molecule has 1 unspecified atom stereocenters. The van der Waals surface area contributed by atoms with E-state index >= 15 is 0 Å². The Bertz CT molecular complexity index is 937. The zero-order valence-electron chi connectivity index (χ0n) is 17.9. The van der Waals surface area contributed by atoms with E-state index < -0.39 is 0 Å². The Kier molecular flexibility index (Phi) is 6.01. The van der Waals surface area contributed by atoms with Crippen molar-refractivity contribution in [1.29, 1.82) is 0 Å². The largest absolute Gasteiger partial charge is 0.325 e. The van der Waals surface area contributed by atoms with Crippen molar-refractivity contribution in [1.82, 2.24) is 4.90 Å². The predicted octanol–water partition coefficient (Wildman–Crippen LogP) is 6.39. The molecule has 2 nitrogen and oxygen atoms in total. The summed E-state index contributed by atoms with van der Waals surface area (Å²) < 4.78 is 0. The minimum Gasteiger partial charge on any atom is -0.325 e. The SMILES string of the molecule is CC(C)(C)c1ccc(C2SCCN2C(=O)C(c2ccccc2)c2ccccc2)cc1. The fraction of sp³-hybridized carbons (Fsp3) is 0.296. The molecule has 1 atom stereocenters. The van der Waals surface area contributed by atoms with Gasteiger partial charge in [0.15, 0.2) is 0 Å². The van der Waals surface area contributed by atoms with Crippen molar-refractivity contribution in [3.63, 3.8) is 0 Å². The molecule has 154 valence electrons. The van der Waals surface area contributed by atoms with E-state index in [1.807, 2.05) is 48.2 Å². The molecule has 3 aromatic rings. The van der Waals surface area contributed by atoms with Crippen molar-refractivity contribution in [2.24, 2.45) is 0 Å². The Hall–Kier alpha value is -2.52. The summed E-state index contributed by atoms with van der Waals surface area (Å²) in [7, 11) is 0. The molecule has 0 saturated carbocycles. The quantitative estimate of drug-likeness (QED) is 0.492. The first-order valence-corrected chi connectivity index (χ1v) is 11.6. The van der Waals surface area contributed by atoms with Crippen LogP contribution < -0.4 is 0 Å². The van der Waals surface area contributed by atoms with Crippen molar-refractivity contribution >= 4 is 17.7 Å². The predicted molar refractivity (Wildman–Crippen MR) is 127 cm³/mol. The van der Waals surface area contributed by atoms with Crippen LogP contribution in [0.3, 0.4) is 0 Å². The lowest BCUT2D eigenvalue weighted by molar-refractivity contribution is -0.132. The van der Waals surface area contributed by atoms with Crippen LogP contribution >= 0.6 is 11.8 Å². The number of hydrogen-bond acceptors (Lipinski definition) is 2. The Morgan fingerprint density at radius 2 is 1.40 bits per heavy atom. The lowest BCUT2D eigenvalue weighted by Gasteiger charge is -2.29. The maximum Gasteiger partial charge on any atom is 0.235 e. The van der Waals surface area contributed by atoms with Gasteiger partial charge in [-0.1, -0.05) is 106 Å². The van der Waals surface area contributed by atoms with Gasteiger partial charge in [-0.15, -0.1) is 11.8 Å². The first kappa shape index (κ1) is 20.7. The van der Waals surface area contributed by atoms with Gasteiger partial charge in [-0.05, 0) is 27.7 Å². The molecule has 1 saturated heterocycles. The molecule has 3 heteroatoms. The minimum absolute atomic E-state index is 0.0708. The summed E-state index contributed by atoms with van der Waals surface area (Å²) in [5.74, 6) is 0.873. The fourth-order valence-electron chi connectivity index (χ4n) is 4.05. The van der Waals surface area contributed by atoms with Crippen LogP contribution in [0, 0.1) is 0 Å². The molecule has 1 aliphatic rings. The minimum atomic E-state index is -0.276. The number of rotatable bonds is 4. The van der Waals surface area contributed by atoms with Crippen LogP contribution in [0.2, 0.25) is 0 Å². The van der Waals surface area contributed by atoms with E-state index in [9.17, 15) is 4.79 Å². The van der Waals surface area contributed by atoms with E-state index in [2.05, 4.69) is 74.2 Å². The van der Waals surface area contributed by atoms with E-state index in [0.29, 0.717) is 0 Å². The van der Waals surface area contributed by atoms with Gasteiger partial charge in [0.25, 0.3) is 0 Å². The molecule has 1 heterocycles. The van der Waals surface area contributed by atoms with E-state index in [-0.39, 0.29) is 22.6 Å². The van der Waals surface area contributed by atoms with Crippen molar-refractivity contribution in [2.75, 3.05) is 12.3 Å². The molecule has 0 bridgehead atoms. The van der Waals surface area contributed by atoms with Crippen molar-refractivity contribution in [2.45, 2.75) is 37.5 Å². The number of carbonyl (C=O) groups excluding carboxylic acids is 1. The monoisotopic (exact) mass is 415 g/mol. The highest BCUT2D eigenvalue weighted by molar-refractivity contribution is 7.99. The Labute approximate surface area is 184 Å². The second-order valence-electron chi connectivity index (χ2n) is 8.88. The highest BCUT2D eigenvalue weighted by Gasteiger charge is 2.36. The van der Waals surface area contributed by atoms with Crippen LogP contribution in [0.5, 0.6) is 0 Å². The lowest BCUT2D eigenvalue weighted by atomic mass is 9.86. The highest BCUT2D eigenvalue weighted by atomic mass is 32.2. The highest BCUT2D eigenvalue weighted by Crippen LogP contribution is 2.41. The molecule has 3 aromatic carbocycles. The summed E-state index contributed by atoms with van der Waals surface area (Å²) in [6, 6.07) is 29.1. The molecule has 4 rings (SSSR count). The lowest BCUT2D eigenvalue weighted by Crippen LogP contribution is -2.35. The molecule has 1 amide bonds. The van der Waals surface area contributed by atoms with Gasteiger partial charge in [0.05, 0.1) is 5.92 Å². The Morgan fingerprint density at radius 3 is 1.90 bits per heavy atom. The zero-order chi connectivity index (χ0) is 21.1. The fourth-order valence-corrected chi connectivity index (χ4v) is 5.32. The van der Waals surface area contributed by atoms with Crippen LogP contribution in [0.15, 0.2) is 84.9 Å². The van der Waals surface area contributed by atoms with Crippen molar-refractivity contribution < 1.29 is 4.79 Å². The van der Waals surface area contributed by atoms with Gasteiger partial charge in [-0.2, -0.15) is 0 Å². The van der Waals surface area contributed by atoms with Crippen LogP contribution in [0.25, 0.3) is 0 Å². The number of thioether (sulfide) groups is 1. The molecular formula is C27H29NOS. The van der Waals surface area contributed by atoms with E-state index in [1.165, 1.54) is 11.1 Å². The molecule has 1 aliphatic heterocycles. The molecule has 0 aliphatic carbocycles. The van der Waals surface area contributed by atoms with Gasteiger partial charge in [0, 0.05) is 12.3 Å². The zero-order valence-corrected chi connectivity index (χ0v) is 18.7. The molecule has 0 aromatic heterocycles. The van der Waals surface area contributed by atoms with Gasteiger partial charge < -0.3 is 4.90 Å². The number of carbonyl (C=O) groups is 1. The smallest absolute Gasteiger partial charge is 0.235 e. The summed E-state index contributed by atoms with van der Waals surface area (Å²) in [4.78, 5) is 15.9. The first-order chi connectivity index (χ1) is 14.4. The number of hydrogen-bond donors (Lipinski definition) is 0. The summed E-state index contributed by atoms with van der Waals surface area (Å²) in [6.07, 6.45) is 0. The second-order valence-corrected chi connectivity index (χ2v) is 10.1. The van der Waals surface area contributed by atoms with Crippen LogP contribution in [-0.2, 0) is 10.2 Å². The second kappa shape index (κ2) is 8.69. The molecule has 0 radical (unpaired) electrons. The third-order valence-electron chi connectivity index (χ3n) is 5.75. The van der Waals surface area contributed by atoms with E-state index in [1.54, 1.807) is 0 Å². The Balaban J connectivity index is 1.66. The van der Waals surface area contributed by atoms with Crippen molar-refractivity contribution in [3.8, 4) is 0 Å². The summed E-state index contributed by atoms with van der Waals surface area (Å²) >= 11 is 1.86. The van der Waals surface area contributed by atoms with Gasteiger partial charge in [0.2, 0.25) is 5.91 Å². The molecular weight excluding hydrogens is 386 g/mol. The third kappa shape index (κ3) is 4.32. The molecule has 1 fully saturated rings. The van der Waals surface area contributed by atoms with Crippen LogP contribution in [0.4, 0.5) is 0 Å². The number of amides is 1. The van der Waals surface area contributed by atoms with Gasteiger partial charge in [-0.3, -0.25) is 4.79 Å². The van der Waals surface area contributed by atoms with E-state index in [4.69, 9.17) is 0 Å². The van der Waals surface area contributed by atoms with E-state index in [0.717, 1.165) is 23.4 Å². The molecule has 30 heavy (non-hydrogen) atoms. The number of nitrogens with zero attached hydrogens (tertiary/aromatic N) is 1.